The molecule has 1 fully saturated rings. The van der Waals surface area contributed by atoms with E-state index in [-0.39, 0.29) is 5.94 Å². The summed E-state index contributed by atoms with van der Waals surface area (Å²) < 4.78 is 4.91. The van der Waals surface area contributed by atoms with E-state index in [0.717, 1.165) is 0 Å². The summed E-state index contributed by atoms with van der Waals surface area (Å²) in [6.45, 7) is 0.523. The summed E-state index contributed by atoms with van der Waals surface area (Å²) in [7, 11) is 7.30. The van der Waals surface area contributed by atoms with Gasteiger partial charge in [-0.1, -0.05) is 0 Å². The van der Waals surface area contributed by atoms with Gasteiger partial charge in [-0.2, -0.15) is 0 Å². The van der Waals surface area contributed by atoms with Gasteiger partial charge in [0.05, 0.1) is 0 Å². The molecule has 0 aromatic carbocycles. The number of thiocarbonyl (C=S) groups is 1. The lowest BCUT2D eigenvalue weighted by Gasteiger charge is -2.11. The highest BCUT2D eigenvalue weighted by molar-refractivity contribution is 7.80. The van der Waals surface area contributed by atoms with E-state index in [2.05, 4.69) is 0 Å². The zero-order chi connectivity index (χ0) is 6.15. The van der Waals surface area contributed by atoms with Crippen molar-refractivity contribution in [3.8, 4) is 0 Å². The first kappa shape index (κ1) is 5.88. The summed E-state index contributed by atoms with van der Waals surface area (Å²) >= 11 is 4.74. The average Bonchev–Trinajstić information content (AvgIpc) is 1.98. The summed E-state index contributed by atoms with van der Waals surface area (Å²) in [5.74, 6) is -0.0394. The van der Waals surface area contributed by atoms with E-state index in [4.69, 9.17) is 24.8 Å². The Morgan fingerprint density at radius 3 is 2.75 bits per heavy atom. The van der Waals surface area contributed by atoms with E-state index >= 15 is 0 Å². The van der Waals surface area contributed by atoms with Gasteiger partial charge in [0.15, 0.2) is 0 Å². The molecule has 0 aromatic heterocycles. The third-order valence-corrected chi connectivity index (χ3v) is 1.57. The van der Waals surface area contributed by atoms with Gasteiger partial charge in [-0.25, -0.2) is 0 Å². The van der Waals surface area contributed by atoms with Crippen molar-refractivity contribution < 1.29 is 4.74 Å². The molecule has 0 aromatic rings. The molecule has 1 aliphatic rings. The molecule has 42 valence electrons. The molecule has 1 rings (SSSR count). The number of rotatable bonds is 0. The Kier molecular flexibility index (Phi) is 1.42. The molecule has 0 saturated carbocycles. The third-order valence-electron chi connectivity index (χ3n) is 1.16. The molecule has 1 atom stereocenters. The molecule has 1 heterocycles. The molecule has 0 unspecified atom stereocenters. The van der Waals surface area contributed by atoms with E-state index in [1.165, 1.54) is 0 Å². The van der Waals surface area contributed by atoms with Crippen LogP contribution >= 0.6 is 12.2 Å². The van der Waals surface area contributed by atoms with Gasteiger partial charge in [-0.05, 0) is 12.2 Å². The molecule has 1 saturated heterocycles. The quantitative estimate of drug-likeness (QED) is 0.328. The Bertz CT molecular complexity index is 119. The topological polar surface area (TPSA) is 12.5 Å². The zero-order valence-corrected chi connectivity index (χ0v) is 5.44. The van der Waals surface area contributed by atoms with E-state index in [0.29, 0.717) is 11.8 Å². The fourth-order valence-corrected chi connectivity index (χ4v) is 0.709. The van der Waals surface area contributed by atoms with Crippen molar-refractivity contribution in [2.75, 3.05) is 13.7 Å². The minimum absolute atomic E-state index is 0.0394. The van der Waals surface area contributed by atoms with Gasteiger partial charge in [0.2, 0.25) is 0 Å². The van der Waals surface area contributed by atoms with Crippen molar-refractivity contribution in [2.24, 2.45) is 0 Å². The summed E-state index contributed by atoms with van der Waals surface area (Å²) in [5, 5.41) is 0.498. The van der Waals surface area contributed by atoms with E-state index < -0.39 is 0 Å². The molecule has 1 aliphatic heterocycles. The number of likely N-dealkylation sites (N-methyl/N-ethyl adjacent to an activating group) is 1. The standard InChI is InChI=1S/C4H6BNOS/c1-6-3(5)2-7-4(6)8/h3H,2H2,1H3/t3-/m1/s1. The van der Waals surface area contributed by atoms with Crippen molar-refractivity contribution in [3.63, 3.8) is 0 Å². The first-order chi connectivity index (χ1) is 3.72. The molecule has 0 amide bonds. The smallest absolute Gasteiger partial charge is 0.258 e. The number of hydrogen-bond donors (Lipinski definition) is 0. The summed E-state index contributed by atoms with van der Waals surface area (Å²) in [6, 6.07) is 0. The fourth-order valence-electron chi connectivity index (χ4n) is 0.506. The second-order valence-electron chi connectivity index (χ2n) is 1.76. The summed E-state index contributed by atoms with van der Waals surface area (Å²) in [6.07, 6.45) is 0. The fraction of sp³-hybridized carbons (Fsp3) is 0.750. The first-order valence-electron chi connectivity index (χ1n) is 2.37. The summed E-state index contributed by atoms with van der Waals surface area (Å²) in [4.78, 5) is 1.73. The maximum atomic E-state index is 5.48. The lowest BCUT2D eigenvalue weighted by atomic mass is 9.98. The second-order valence-corrected chi connectivity index (χ2v) is 2.10. The van der Waals surface area contributed by atoms with Crippen LogP contribution in [0.4, 0.5) is 0 Å². The normalized spacial score (nSPS) is 28.4. The molecule has 0 aliphatic carbocycles. The lowest BCUT2D eigenvalue weighted by molar-refractivity contribution is 0.352. The molecule has 8 heavy (non-hydrogen) atoms. The van der Waals surface area contributed by atoms with Crippen LogP contribution in [0.25, 0.3) is 0 Å². The zero-order valence-electron chi connectivity index (χ0n) is 4.63. The molecular formula is C4H6BNOS. The monoisotopic (exact) mass is 127 g/mol. The van der Waals surface area contributed by atoms with Gasteiger partial charge in [0.25, 0.3) is 5.17 Å². The van der Waals surface area contributed by atoms with Gasteiger partial charge in [0.1, 0.15) is 14.5 Å². The SMILES string of the molecule is [B][C@H]1COC(=S)N1C. The molecule has 0 bridgehead atoms. The van der Waals surface area contributed by atoms with E-state index in [1.807, 2.05) is 7.05 Å². The van der Waals surface area contributed by atoms with Crippen LogP contribution in [0.3, 0.4) is 0 Å². The molecule has 0 N–H and O–H groups in total. The van der Waals surface area contributed by atoms with Crippen LogP contribution in [-0.4, -0.2) is 37.5 Å². The van der Waals surface area contributed by atoms with Crippen LogP contribution < -0.4 is 0 Å². The Morgan fingerprint density at radius 2 is 2.62 bits per heavy atom. The van der Waals surface area contributed by atoms with Gasteiger partial charge in [-0.3, -0.25) is 0 Å². The van der Waals surface area contributed by atoms with Crippen LogP contribution in [0.15, 0.2) is 0 Å². The Balaban J connectivity index is 2.56. The molecular weight excluding hydrogens is 121 g/mol. The highest BCUT2D eigenvalue weighted by Gasteiger charge is 2.20. The Hall–Kier alpha value is -0.245. The maximum absolute atomic E-state index is 5.48. The molecule has 2 radical (unpaired) electrons. The maximum Gasteiger partial charge on any atom is 0.258 e. The Morgan fingerprint density at radius 1 is 2.00 bits per heavy atom. The largest absolute Gasteiger partial charge is 0.470 e. The van der Waals surface area contributed by atoms with E-state index in [1.54, 1.807) is 4.90 Å². The molecule has 0 spiro atoms. The predicted octanol–water partition coefficient (Wildman–Crippen LogP) is -0.272. The van der Waals surface area contributed by atoms with Gasteiger partial charge < -0.3 is 9.64 Å². The highest BCUT2D eigenvalue weighted by Crippen LogP contribution is 2.05. The van der Waals surface area contributed by atoms with Crippen LogP contribution in [0.2, 0.25) is 0 Å². The van der Waals surface area contributed by atoms with Crippen LogP contribution in [0.5, 0.6) is 0 Å². The highest BCUT2D eigenvalue weighted by atomic mass is 32.1. The van der Waals surface area contributed by atoms with Gasteiger partial charge in [-0.15, -0.1) is 0 Å². The van der Waals surface area contributed by atoms with Crippen molar-refractivity contribution in [1.82, 2.24) is 4.90 Å². The van der Waals surface area contributed by atoms with Crippen LogP contribution in [-0.2, 0) is 4.74 Å². The minimum Gasteiger partial charge on any atom is -0.470 e. The van der Waals surface area contributed by atoms with Crippen molar-refractivity contribution in [2.45, 2.75) is 5.94 Å². The van der Waals surface area contributed by atoms with Gasteiger partial charge in [0, 0.05) is 13.0 Å². The second kappa shape index (κ2) is 1.93. The minimum atomic E-state index is -0.0394. The first-order valence-corrected chi connectivity index (χ1v) is 2.78. The molecule has 4 heteroatoms. The van der Waals surface area contributed by atoms with Crippen molar-refractivity contribution in [1.29, 1.82) is 0 Å². The number of hydrogen-bond acceptors (Lipinski definition) is 2. The summed E-state index contributed by atoms with van der Waals surface area (Å²) in [5.41, 5.74) is 0. The van der Waals surface area contributed by atoms with Crippen molar-refractivity contribution >= 4 is 25.2 Å². The van der Waals surface area contributed by atoms with Gasteiger partial charge >= 0.3 is 0 Å². The molecule has 2 nitrogen and oxygen atoms in total. The van der Waals surface area contributed by atoms with Crippen LogP contribution in [0, 0.1) is 0 Å². The van der Waals surface area contributed by atoms with E-state index in [9.17, 15) is 0 Å². The Labute approximate surface area is 55.2 Å². The number of nitrogens with zero attached hydrogens (tertiary/aromatic N) is 1. The average molecular weight is 127 g/mol. The third kappa shape index (κ3) is 0.800. The predicted molar refractivity (Wildman–Crippen MR) is 35.9 cm³/mol. The van der Waals surface area contributed by atoms with Crippen molar-refractivity contribution in [3.05, 3.63) is 0 Å². The lowest BCUT2D eigenvalue weighted by Crippen LogP contribution is -2.28. The number of ether oxygens (including phenoxy) is 1. The van der Waals surface area contributed by atoms with Crippen LogP contribution in [0.1, 0.15) is 0 Å².